The number of aromatic amines is 1. The summed E-state index contributed by atoms with van der Waals surface area (Å²) >= 11 is 0. The van der Waals surface area contributed by atoms with Gasteiger partial charge in [0.2, 0.25) is 11.8 Å². The van der Waals surface area contributed by atoms with Gasteiger partial charge in [0.05, 0.1) is 18.5 Å². The first-order valence-electron chi connectivity index (χ1n) is 6.03. The zero-order chi connectivity index (χ0) is 13.7. The number of aromatic nitrogens is 2. The maximum absolute atomic E-state index is 12.0. The second kappa shape index (κ2) is 3.87. The number of carbonyl (C=O) groups is 2. The molecule has 1 saturated heterocycles. The van der Waals surface area contributed by atoms with Gasteiger partial charge < -0.3 is 15.1 Å². The Balaban J connectivity index is 1.83. The van der Waals surface area contributed by atoms with Crippen LogP contribution in [-0.4, -0.2) is 43.1 Å². The van der Waals surface area contributed by atoms with Crippen molar-refractivity contribution in [2.75, 3.05) is 6.54 Å². The van der Waals surface area contributed by atoms with E-state index in [-0.39, 0.29) is 42.4 Å². The van der Waals surface area contributed by atoms with Crippen LogP contribution in [0.2, 0.25) is 0 Å². The number of aliphatic carboxylic acids is 1. The van der Waals surface area contributed by atoms with Crippen LogP contribution >= 0.6 is 0 Å². The third kappa shape index (κ3) is 1.63. The van der Waals surface area contributed by atoms with Crippen molar-refractivity contribution in [3.8, 4) is 5.88 Å². The molecule has 1 fully saturated rings. The van der Waals surface area contributed by atoms with E-state index < -0.39 is 5.97 Å². The average molecular weight is 267 g/mol. The maximum atomic E-state index is 12.0. The number of rotatable bonds is 3. The number of hydrogen-bond acceptors (Lipinski definition) is 4. The second-order valence-electron chi connectivity index (χ2n) is 4.88. The molecule has 2 aliphatic heterocycles. The predicted molar refractivity (Wildman–Crippen MR) is 61.7 cm³/mol. The third-order valence-corrected chi connectivity index (χ3v) is 3.78. The molecule has 0 radical (unpaired) electrons. The number of nitrogens with zero attached hydrogens (tertiary/aromatic N) is 2. The van der Waals surface area contributed by atoms with Crippen LogP contribution in [0.5, 0.6) is 5.88 Å². The Morgan fingerprint density at radius 2 is 2.11 bits per heavy atom. The van der Waals surface area contributed by atoms with Crippen molar-refractivity contribution in [1.82, 2.24) is 14.5 Å². The number of amides is 1. The van der Waals surface area contributed by atoms with Crippen LogP contribution in [0.1, 0.15) is 37.0 Å². The summed E-state index contributed by atoms with van der Waals surface area (Å²) < 4.78 is 1.49. The number of H-pyrrole nitrogens is 1. The zero-order valence-electron chi connectivity index (χ0n) is 10.00. The lowest BCUT2D eigenvalue weighted by Gasteiger charge is -2.27. The van der Waals surface area contributed by atoms with Crippen LogP contribution < -0.4 is 5.69 Å². The van der Waals surface area contributed by atoms with Gasteiger partial charge in [0.25, 0.3) is 0 Å². The first-order chi connectivity index (χ1) is 8.99. The molecule has 2 bridgehead atoms. The van der Waals surface area contributed by atoms with Gasteiger partial charge in [-0.15, -0.1) is 0 Å². The molecule has 2 unspecified atom stereocenters. The van der Waals surface area contributed by atoms with Crippen LogP contribution in [-0.2, 0) is 9.59 Å². The molecule has 0 aliphatic carbocycles. The standard InChI is InChI=1S/C11H13N3O5/c15-7(1-2-8(16)17)13-4-5-3-6(13)9-10(18)12-11(19)14(5)9/h5-6,18H,1-4H2,(H,12,19)(H,16,17). The molecule has 3 N–H and O–H groups in total. The molecule has 8 heteroatoms. The van der Waals surface area contributed by atoms with Crippen LogP contribution in [0, 0.1) is 0 Å². The van der Waals surface area contributed by atoms with Crippen LogP contribution in [0.4, 0.5) is 0 Å². The third-order valence-electron chi connectivity index (χ3n) is 3.78. The Labute approximate surface area is 107 Å². The number of aromatic hydroxyl groups is 1. The number of fused-ring (bicyclic) bond motifs is 5. The highest BCUT2D eigenvalue weighted by atomic mass is 16.4. The summed E-state index contributed by atoms with van der Waals surface area (Å²) in [6, 6.07) is -0.455. The SMILES string of the molecule is O=C(O)CCC(=O)N1CC2CC1c1c(O)[nH]c(=O)n12. The summed E-state index contributed by atoms with van der Waals surface area (Å²) in [6.45, 7) is 0.396. The minimum Gasteiger partial charge on any atom is -0.493 e. The normalized spacial score (nSPS) is 23.7. The maximum Gasteiger partial charge on any atom is 0.329 e. The number of imidazole rings is 1. The molecule has 0 aromatic carbocycles. The van der Waals surface area contributed by atoms with Crippen LogP contribution in [0.25, 0.3) is 0 Å². The van der Waals surface area contributed by atoms with Gasteiger partial charge in [-0.25, -0.2) is 4.79 Å². The van der Waals surface area contributed by atoms with Crippen molar-refractivity contribution in [1.29, 1.82) is 0 Å². The number of hydrogen-bond donors (Lipinski definition) is 3. The molecule has 1 amide bonds. The van der Waals surface area contributed by atoms with E-state index in [2.05, 4.69) is 4.98 Å². The van der Waals surface area contributed by atoms with Crippen molar-refractivity contribution in [2.45, 2.75) is 31.3 Å². The number of carboxylic acids is 1. The summed E-state index contributed by atoms with van der Waals surface area (Å²) in [5.41, 5.74) is 0.0718. The Bertz CT molecular complexity index is 616. The lowest BCUT2D eigenvalue weighted by atomic mass is 10.2. The summed E-state index contributed by atoms with van der Waals surface area (Å²) in [5.74, 6) is -1.47. The van der Waals surface area contributed by atoms with Crippen LogP contribution in [0.15, 0.2) is 4.79 Å². The van der Waals surface area contributed by atoms with Gasteiger partial charge in [-0.3, -0.25) is 19.1 Å². The van der Waals surface area contributed by atoms with Gasteiger partial charge in [0.15, 0.2) is 0 Å². The van der Waals surface area contributed by atoms with Gasteiger partial charge in [0, 0.05) is 13.0 Å². The fourth-order valence-electron chi connectivity index (χ4n) is 3.02. The highest BCUT2D eigenvalue weighted by Gasteiger charge is 2.47. The molecule has 1 aromatic heterocycles. The van der Waals surface area contributed by atoms with E-state index in [1.807, 2.05) is 0 Å². The van der Waals surface area contributed by atoms with E-state index in [1.165, 1.54) is 4.57 Å². The largest absolute Gasteiger partial charge is 0.493 e. The Morgan fingerprint density at radius 1 is 1.37 bits per heavy atom. The molecule has 2 aliphatic rings. The van der Waals surface area contributed by atoms with Crippen molar-refractivity contribution in [3.05, 3.63) is 16.2 Å². The second-order valence-corrected chi connectivity index (χ2v) is 4.88. The van der Waals surface area contributed by atoms with E-state index in [9.17, 15) is 19.5 Å². The molecular weight excluding hydrogens is 254 g/mol. The topological polar surface area (TPSA) is 116 Å². The fraction of sp³-hybridized carbons (Fsp3) is 0.545. The number of likely N-dealkylation sites (tertiary alicyclic amines) is 1. The van der Waals surface area contributed by atoms with E-state index >= 15 is 0 Å². The van der Waals surface area contributed by atoms with Gasteiger partial charge in [-0.2, -0.15) is 0 Å². The molecule has 8 nitrogen and oxygen atoms in total. The van der Waals surface area contributed by atoms with Crippen molar-refractivity contribution in [3.63, 3.8) is 0 Å². The van der Waals surface area contributed by atoms with Crippen molar-refractivity contribution >= 4 is 11.9 Å². The van der Waals surface area contributed by atoms with Gasteiger partial charge in [0.1, 0.15) is 5.69 Å². The van der Waals surface area contributed by atoms with E-state index in [0.717, 1.165) is 0 Å². The molecule has 102 valence electrons. The monoisotopic (exact) mass is 267 g/mol. The number of carbonyl (C=O) groups excluding carboxylic acids is 1. The molecule has 3 heterocycles. The van der Waals surface area contributed by atoms with Crippen LogP contribution in [0.3, 0.4) is 0 Å². The number of nitrogens with one attached hydrogen (secondary N) is 1. The highest BCUT2D eigenvalue weighted by molar-refractivity contribution is 5.81. The minimum atomic E-state index is -1.01. The quantitative estimate of drug-likeness (QED) is 0.687. The first kappa shape index (κ1) is 11.8. The fourth-order valence-corrected chi connectivity index (χ4v) is 3.02. The molecule has 3 rings (SSSR count). The first-order valence-corrected chi connectivity index (χ1v) is 6.03. The summed E-state index contributed by atoms with van der Waals surface area (Å²) in [5, 5.41) is 18.3. The minimum absolute atomic E-state index is 0.0615. The summed E-state index contributed by atoms with van der Waals surface area (Å²) in [4.78, 5) is 37.9. The molecule has 2 atom stereocenters. The molecule has 0 saturated carbocycles. The van der Waals surface area contributed by atoms with E-state index in [0.29, 0.717) is 18.7 Å². The Kier molecular flexibility index (Phi) is 2.41. The number of carboxylic acid groups (broad SMARTS) is 1. The van der Waals surface area contributed by atoms with Gasteiger partial charge >= 0.3 is 11.7 Å². The highest BCUT2D eigenvalue weighted by Crippen LogP contribution is 2.47. The van der Waals surface area contributed by atoms with E-state index in [1.54, 1.807) is 4.90 Å². The lowest BCUT2D eigenvalue weighted by molar-refractivity contribution is -0.141. The molecular formula is C11H13N3O5. The Morgan fingerprint density at radius 3 is 2.79 bits per heavy atom. The molecule has 0 spiro atoms. The summed E-state index contributed by atoms with van der Waals surface area (Å²) in [7, 11) is 0. The van der Waals surface area contributed by atoms with Crippen molar-refractivity contribution in [2.24, 2.45) is 0 Å². The lowest BCUT2D eigenvalue weighted by Crippen LogP contribution is -2.37. The predicted octanol–water partition coefficient (Wildman–Crippen LogP) is -0.425. The Hall–Kier alpha value is -2.25. The van der Waals surface area contributed by atoms with Gasteiger partial charge in [-0.05, 0) is 6.42 Å². The smallest absolute Gasteiger partial charge is 0.329 e. The zero-order valence-corrected chi connectivity index (χ0v) is 10.00. The molecule has 1 aromatic rings. The van der Waals surface area contributed by atoms with Crippen molar-refractivity contribution < 1.29 is 19.8 Å². The molecule has 19 heavy (non-hydrogen) atoms. The summed E-state index contributed by atoms with van der Waals surface area (Å²) in [6.07, 6.45) is 0.332. The van der Waals surface area contributed by atoms with Gasteiger partial charge in [-0.1, -0.05) is 0 Å². The van der Waals surface area contributed by atoms with E-state index in [4.69, 9.17) is 5.11 Å². The average Bonchev–Trinajstić information content (AvgIpc) is 2.99.